The molecule has 0 saturated carbocycles. The fourth-order valence-corrected chi connectivity index (χ4v) is 1.37. The van der Waals surface area contributed by atoms with Crippen molar-refractivity contribution in [1.29, 1.82) is 0 Å². The van der Waals surface area contributed by atoms with E-state index in [0.717, 1.165) is 0 Å². The zero-order valence-corrected chi connectivity index (χ0v) is 9.74. The zero-order chi connectivity index (χ0) is 13.0. The summed E-state index contributed by atoms with van der Waals surface area (Å²) in [5.41, 5.74) is 5.80. The second kappa shape index (κ2) is 5.28. The third kappa shape index (κ3) is 2.64. The van der Waals surface area contributed by atoms with E-state index in [1.807, 2.05) is 0 Å². The number of nitrogens with zero attached hydrogens (tertiary/aromatic N) is 4. The predicted molar refractivity (Wildman–Crippen MR) is 63.9 cm³/mol. The van der Waals surface area contributed by atoms with Crippen LogP contribution in [-0.4, -0.2) is 26.2 Å². The van der Waals surface area contributed by atoms with Gasteiger partial charge < -0.3 is 15.7 Å². The third-order valence-corrected chi connectivity index (χ3v) is 2.17. The Labute approximate surface area is 107 Å². The summed E-state index contributed by atoms with van der Waals surface area (Å²) in [5, 5.41) is 19.4. The molecule has 0 aromatic carbocycles. The van der Waals surface area contributed by atoms with E-state index in [1.165, 1.54) is 24.7 Å². The molecule has 0 unspecified atom stereocenters. The zero-order valence-electron chi connectivity index (χ0n) is 8.99. The minimum atomic E-state index is -0.130. The average molecular weight is 266 g/mol. The highest BCUT2D eigenvalue weighted by atomic mass is 35.5. The lowest BCUT2D eigenvalue weighted by molar-refractivity contribution is 0.318. The molecule has 92 valence electrons. The van der Waals surface area contributed by atoms with Gasteiger partial charge in [0, 0.05) is 12.3 Å². The lowest BCUT2D eigenvalue weighted by atomic mass is 10.3. The topological polar surface area (TPSA) is 107 Å². The van der Waals surface area contributed by atoms with Crippen LogP contribution in [0.3, 0.4) is 0 Å². The highest BCUT2D eigenvalue weighted by molar-refractivity contribution is 6.30. The molecule has 2 aromatic rings. The largest absolute Gasteiger partial charge is 0.435 e. The average Bonchev–Trinajstić information content (AvgIpc) is 2.38. The molecule has 0 bridgehead atoms. The van der Waals surface area contributed by atoms with E-state index in [-0.39, 0.29) is 11.7 Å². The SMILES string of the molecule is N/C(=N/O)c1ccnnc1Oc1cncc(Cl)c1. The van der Waals surface area contributed by atoms with Crippen LogP contribution in [0.2, 0.25) is 5.02 Å². The molecule has 0 amide bonds. The number of nitrogens with two attached hydrogens (primary N) is 1. The van der Waals surface area contributed by atoms with Gasteiger partial charge in [0.05, 0.1) is 23.0 Å². The summed E-state index contributed by atoms with van der Waals surface area (Å²) in [6, 6.07) is 3.06. The second-order valence-electron chi connectivity index (χ2n) is 3.18. The van der Waals surface area contributed by atoms with E-state index in [0.29, 0.717) is 16.3 Å². The normalized spacial score (nSPS) is 11.3. The first kappa shape index (κ1) is 12.1. The maximum atomic E-state index is 8.65. The maximum absolute atomic E-state index is 8.65. The van der Waals surface area contributed by atoms with Crippen molar-refractivity contribution < 1.29 is 9.94 Å². The van der Waals surface area contributed by atoms with E-state index >= 15 is 0 Å². The first-order chi connectivity index (χ1) is 8.70. The number of pyridine rings is 1. The van der Waals surface area contributed by atoms with Crippen LogP contribution in [0.4, 0.5) is 0 Å². The number of aromatic nitrogens is 3. The molecule has 3 N–H and O–H groups in total. The Morgan fingerprint density at radius 3 is 3.00 bits per heavy atom. The van der Waals surface area contributed by atoms with Gasteiger partial charge in [0.15, 0.2) is 5.84 Å². The van der Waals surface area contributed by atoms with Crippen molar-refractivity contribution in [3.63, 3.8) is 0 Å². The summed E-state index contributed by atoms with van der Waals surface area (Å²) in [6.45, 7) is 0. The smallest absolute Gasteiger partial charge is 0.250 e. The van der Waals surface area contributed by atoms with Gasteiger partial charge in [-0.2, -0.15) is 5.10 Å². The quantitative estimate of drug-likeness (QED) is 0.376. The Bertz CT molecular complexity index is 590. The van der Waals surface area contributed by atoms with E-state index in [9.17, 15) is 0 Å². The first-order valence-corrected chi connectivity index (χ1v) is 5.16. The van der Waals surface area contributed by atoms with Crippen molar-refractivity contribution in [2.75, 3.05) is 0 Å². The van der Waals surface area contributed by atoms with E-state index in [1.54, 1.807) is 6.07 Å². The molecule has 0 saturated heterocycles. The molecule has 0 aliphatic carbocycles. The van der Waals surface area contributed by atoms with Gasteiger partial charge in [0.1, 0.15) is 5.75 Å². The van der Waals surface area contributed by atoms with Crippen molar-refractivity contribution in [1.82, 2.24) is 15.2 Å². The maximum Gasteiger partial charge on any atom is 0.250 e. The van der Waals surface area contributed by atoms with Crippen LogP contribution in [0.1, 0.15) is 5.56 Å². The van der Waals surface area contributed by atoms with Crippen LogP contribution in [-0.2, 0) is 0 Å². The fraction of sp³-hybridized carbons (Fsp3) is 0. The monoisotopic (exact) mass is 265 g/mol. The molecule has 0 fully saturated rings. The van der Waals surface area contributed by atoms with Crippen LogP contribution < -0.4 is 10.5 Å². The minimum absolute atomic E-state index is 0.0943. The van der Waals surface area contributed by atoms with Gasteiger partial charge >= 0.3 is 0 Å². The third-order valence-electron chi connectivity index (χ3n) is 1.96. The van der Waals surface area contributed by atoms with Gasteiger partial charge in [-0.1, -0.05) is 16.8 Å². The van der Waals surface area contributed by atoms with Gasteiger partial charge in [-0.15, -0.1) is 5.10 Å². The van der Waals surface area contributed by atoms with E-state index in [2.05, 4.69) is 20.3 Å². The van der Waals surface area contributed by atoms with Crippen LogP contribution in [0.5, 0.6) is 11.6 Å². The Morgan fingerprint density at radius 2 is 2.28 bits per heavy atom. The van der Waals surface area contributed by atoms with Gasteiger partial charge in [-0.3, -0.25) is 4.98 Å². The Hall–Kier alpha value is -2.41. The molecule has 0 aliphatic heterocycles. The number of amidine groups is 1. The van der Waals surface area contributed by atoms with E-state index < -0.39 is 0 Å². The fourth-order valence-electron chi connectivity index (χ4n) is 1.20. The van der Waals surface area contributed by atoms with Crippen LogP contribution >= 0.6 is 11.6 Å². The number of oxime groups is 1. The molecule has 2 rings (SSSR count). The number of hydrogen-bond acceptors (Lipinski definition) is 6. The van der Waals surface area contributed by atoms with Crippen molar-refractivity contribution in [3.05, 3.63) is 41.3 Å². The lowest BCUT2D eigenvalue weighted by Gasteiger charge is -2.07. The van der Waals surface area contributed by atoms with Gasteiger partial charge in [0.25, 0.3) is 0 Å². The molecule has 2 aromatic heterocycles. The van der Waals surface area contributed by atoms with Crippen molar-refractivity contribution in [2.45, 2.75) is 0 Å². The van der Waals surface area contributed by atoms with Gasteiger partial charge in [0.2, 0.25) is 5.88 Å². The number of hydrogen-bond donors (Lipinski definition) is 2. The summed E-state index contributed by atoms with van der Waals surface area (Å²) >= 11 is 5.77. The standard InChI is InChI=1S/C10H8ClN5O2/c11-6-3-7(5-13-4-6)18-10-8(9(12)16-17)1-2-14-15-10/h1-5,17H,(H2,12,16). The summed E-state index contributed by atoms with van der Waals surface area (Å²) < 4.78 is 5.42. The van der Waals surface area contributed by atoms with Crippen molar-refractivity contribution in [3.8, 4) is 11.6 Å². The molecule has 8 heteroatoms. The summed E-state index contributed by atoms with van der Waals surface area (Å²) in [7, 11) is 0. The Morgan fingerprint density at radius 1 is 1.44 bits per heavy atom. The molecule has 0 spiro atoms. The van der Waals surface area contributed by atoms with E-state index in [4.69, 9.17) is 27.3 Å². The molecule has 7 nitrogen and oxygen atoms in total. The Kier molecular flexibility index (Phi) is 3.54. The Balaban J connectivity index is 2.35. The van der Waals surface area contributed by atoms with Crippen LogP contribution in [0.25, 0.3) is 0 Å². The molecular weight excluding hydrogens is 258 g/mol. The summed E-state index contributed by atoms with van der Waals surface area (Å²) in [6.07, 6.45) is 4.32. The van der Waals surface area contributed by atoms with Gasteiger partial charge in [-0.05, 0) is 6.07 Å². The van der Waals surface area contributed by atoms with Crippen molar-refractivity contribution >= 4 is 17.4 Å². The highest BCUT2D eigenvalue weighted by Gasteiger charge is 2.11. The molecule has 18 heavy (non-hydrogen) atoms. The predicted octanol–water partition coefficient (Wildman–Crippen LogP) is 1.41. The summed E-state index contributed by atoms with van der Waals surface area (Å²) in [4.78, 5) is 3.86. The second-order valence-corrected chi connectivity index (χ2v) is 3.61. The molecule has 0 atom stereocenters. The van der Waals surface area contributed by atoms with Crippen LogP contribution in [0.15, 0.2) is 35.9 Å². The minimum Gasteiger partial charge on any atom is -0.435 e. The van der Waals surface area contributed by atoms with Crippen molar-refractivity contribution in [2.24, 2.45) is 10.9 Å². The van der Waals surface area contributed by atoms with Gasteiger partial charge in [-0.25, -0.2) is 0 Å². The number of halogens is 1. The number of rotatable bonds is 3. The first-order valence-electron chi connectivity index (χ1n) is 4.78. The highest BCUT2D eigenvalue weighted by Crippen LogP contribution is 2.23. The molecule has 0 aliphatic rings. The molecular formula is C10H8ClN5O2. The molecule has 2 heterocycles. The van der Waals surface area contributed by atoms with Crippen LogP contribution in [0, 0.1) is 0 Å². The number of ether oxygens (including phenoxy) is 1. The summed E-state index contributed by atoms with van der Waals surface area (Å²) in [5.74, 6) is 0.335. The lowest BCUT2D eigenvalue weighted by Crippen LogP contribution is -2.15. The molecule has 0 radical (unpaired) electrons.